The molecule has 0 saturated carbocycles. The summed E-state index contributed by atoms with van der Waals surface area (Å²) in [5.74, 6) is -0.891. The molecule has 0 bridgehead atoms. The van der Waals surface area contributed by atoms with Gasteiger partial charge in [0.15, 0.2) is 11.2 Å². The number of ether oxygens (including phenoxy) is 1. The van der Waals surface area contributed by atoms with Crippen molar-refractivity contribution in [1.82, 2.24) is 19.1 Å². The molecule has 23 heavy (non-hydrogen) atoms. The number of aromatic nitrogens is 4. The van der Waals surface area contributed by atoms with Crippen LogP contribution < -0.4 is 16.7 Å². The Kier molecular flexibility index (Phi) is 4.26. The molecule has 120 valence electrons. The zero-order valence-corrected chi connectivity index (χ0v) is 12.6. The topological polar surface area (TPSA) is 147 Å². The molecule has 0 aromatic carbocycles. The molecule has 2 aromatic heterocycles. The van der Waals surface area contributed by atoms with Gasteiger partial charge in [0.2, 0.25) is 11.7 Å². The van der Waals surface area contributed by atoms with Crippen molar-refractivity contribution in [2.24, 2.45) is 19.2 Å². The van der Waals surface area contributed by atoms with E-state index in [-0.39, 0.29) is 23.7 Å². The summed E-state index contributed by atoms with van der Waals surface area (Å²) in [4.78, 5) is 41.9. The van der Waals surface area contributed by atoms with Gasteiger partial charge in [-0.2, -0.15) is 15.3 Å². The van der Waals surface area contributed by atoms with Crippen LogP contribution in [-0.4, -0.2) is 37.4 Å². The lowest BCUT2D eigenvalue weighted by atomic mass is 10.4. The number of anilines is 1. The molecule has 0 aliphatic carbocycles. The van der Waals surface area contributed by atoms with Crippen molar-refractivity contribution in [3.63, 3.8) is 0 Å². The summed E-state index contributed by atoms with van der Waals surface area (Å²) in [5, 5.41) is 12.4. The van der Waals surface area contributed by atoms with Crippen LogP contribution in [0.25, 0.3) is 11.2 Å². The molecule has 2 rings (SSSR count). The second-order valence-electron chi connectivity index (χ2n) is 4.39. The van der Waals surface area contributed by atoms with E-state index in [1.165, 1.54) is 18.7 Å². The first kappa shape index (κ1) is 16.0. The number of imidazole rings is 1. The second-order valence-corrected chi connectivity index (χ2v) is 4.39. The van der Waals surface area contributed by atoms with E-state index in [0.717, 1.165) is 4.57 Å². The summed E-state index contributed by atoms with van der Waals surface area (Å²) in [6, 6.07) is 1.58. The van der Waals surface area contributed by atoms with Gasteiger partial charge in [0.1, 0.15) is 6.07 Å². The lowest BCUT2D eigenvalue weighted by molar-refractivity contribution is -0.134. The normalized spacial score (nSPS) is 11.3. The fraction of sp³-hybridized carbons (Fsp3) is 0.333. The Hall–Kier alpha value is -3.42. The fourth-order valence-corrected chi connectivity index (χ4v) is 1.80. The molecule has 0 radical (unpaired) electrons. The molecule has 0 spiro atoms. The molecule has 11 heteroatoms. The molecular weight excluding hydrogens is 306 g/mol. The molecule has 0 amide bonds. The number of nitrogens with zero attached hydrogens (tertiary/aromatic N) is 5. The molecule has 0 unspecified atom stereocenters. The predicted octanol–water partition coefficient (Wildman–Crippen LogP) is -1.19. The summed E-state index contributed by atoms with van der Waals surface area (Å²) in [6.07, 6.45) is 0. The molecule has 0 saturated heterocycles. The number of H-pyrrole nitrogens is 1. The number of nitrogens with one attached hydrogen (secondary N) is 2. The number of carbonyl (C=O) groups excluding carboxylic acids is 1. The summed E-state index contributed by atoms with van der Waals surface area (Å²) in [7, 11) is 2.79. The largest absolute Gasteiger partial charge is 0.461 e. The maximum absolute atomic E-state index is 12.0. The Morgan fingerprint density at radius 2 is 2.13 bits per heavy atom. The first-order chi connectivity index (χ1) is 10.9. The molecule has 11 nitrogen and oxygen atoms in total. The first-order valence-electron chi connectivity index (χ1n) is 6.47. The van der Waals surface area contributed by atoms with Crippen LogP contribution in [0.3, 0.4) is 0 Å². The number of esters is 1. The highest BCUT2D eigenvalue weighted by Gasteiger charge is 2.15. The van der Waals surface area contributed by atoms with Gasteiger partial charge in [-0.05, 0) is 6.92 Å². The monoisotopic (exact) mass is 319 g/mol. The Balaban J connectivity index is 2.43. The summed E-state index contributed by atoms with van der Waals surface area (Å²) in [5.41, 5.74) is 0.957. The van der Waals surface area contributed by atoms with E-state index in [1.54, 1.807) is 13.0 Å². The van der Waals surface area contributed by atoms with Crippen molar-refractivity contribution in [3.05, 3.63) is 20.8 Å². The molecule has 0 atom stereocenters. The Labute approximate surface area is 128 Å². The number of fused-ring (bicyclic) bond motifs is 1. The van der Waals surface area contributed by atoms with Crippen molar-refractivity contribution in [1.29, 1.82) is 5.26 Å². The molecule has 2 N–H and O–H groups in total. The van der Waals surface area contributed by atoms with Crippen LogP contribution >= 0.6 is 0 Å². The minimum absolute atomic E-state index is 0.00431. The SMILES string of the molecule is CCOC(=O)/C(C#N)=N\Nc1nc2c([nH]1)c(=O)n(C)c(=O)n2C. The third kappa shape index (κ3) is 2.82. The van der Waals surface area contributed by atoms with Crippen molar-refractivity contribution >= 4 is 28.8 Å². The van der Waals surface area contributed by atoms with Gasteiger partial charge >= 0.3 is 11.7 Å². The first-order valence-corrected chi connectivity index (χ1v) is 6.47. The minimum Gasteiger partial charge on any atom is -0.461 e. The summed E-state index contributed by atoms with van der Waals surface area (Å²) >= 11 is 0. The molecule has 0 aliphatic heterocycles. The van der Waals surface area contributed by atoms with E-state index in [1.807, 2.05) is 0 Å². The van der Waals surface area contributed by atoms with Crippen LogP contribution in [0.1, 0.15) is 6.92 Å². The molecule has 2 aromatic rings. The fourth-order valence-electron chi connectivity index (χ4n) is 1.80. The predicted molar refractivity (Wildman–Crippen MR) is 79.9 cm³/mol. The molecule has 2 heterocycles. The van der Waals surface area contributed by atoms with Gasteiger partial charge in [0, 0.05) is 14.1 Å². The van der Waals surface area contributed by atoms with Gasteiger partial charge in [0.25, 0.3) is 5.56 Å². The number of aromatic amines is 1. The number of hydrogen-bond acceptors (Lipinski definition) is 8. The van der Waals surface area contributed by atoms with E-state index in [0.29, 0.717) is 0 Å². The van der Waals surface area contributed by atoms with E-state index in [9.17, 15) is 14.4 Å². The van der Waals surface area contributed by atoms with Crippen LogP contribution in [0, 0.1) is 11.3 Å². The zero-order chi connectivity index (χ0) is 17.1. The average molecular weight is 319 g/mol. The quantitative estimate of drug-likeness (QED) is 0.409. The minimum atomic E-state index is -0.887. The van der Waals surface area contributed by atoms with Gasteiger partial charge < -0.3 is 9.72 Å². The standard InChI is InChI=1S/C12H13N7O4/c1-4-23-10(21)6(5-13)16-17-11-14-7-8(15-11)18(2)12(22)19(3)9(7)20/h4H2,1-3H3,(H2,14,15,17)/b16-6-. The van der Waals surface area contributed by atoms with Gasteiger partial charge in [-0.3, -0.25) is 13.9 Å². The summed E-state index contributed by atoms with van der Waals surface area (Å²) in [6.45, 7) is 1.69. The van der Waals surface area contributed by atoms with E-state index < -0.39 is 22.9 Å². The lowest BCUT2D eigenvalue weighted by Crippen LogP contribution is -2.36. The molecular formula is C12H13N7O4. The number of hydrazone groups is 1. The number of nitriles is 1. The highest BCUT2D eigenvalue weighted by Crippen LogP contribution is 2.08. The molecule has 0 aliphatic rings. The van der Waals surface area contributed by atoms with Crippen LogP contribution in [0.5, 0.6) is 0 Å². The van der Waals surface area contributed by atoms with Crippen LogP contribution in [0.2, 0.25) is 0 Å². The Bertz CT molecular complexity index is 957. The number of hydrogen-bond donors (Lipinski definition) is 2. The average Bonchev–Trinajstić information content (AvgIpc) is 2.96. The van der Waals surface area contributed by atoms with Crippen molar-refractivity contribution in [2.75, 3.05) is 12.0 Å². The smallest absolute Gasteiger partial charge is 0.369 e. The van der Waals surface area contributed by atoms with Crippen LogP contribution in [0.4, 0.5) is 5.95 Å². The number of aryl methyl sites for hydroxylation is 1. The van der Waals surface area contributed by atoms with E-state index in [2.05, 4.69) is 25.2 Å². The number of rotatable bonds is 4. The third-order valence-electron chi connectivity index (χ3n) is 2.94. The maximum atomic E-state index is 12.0. The Morgan fingerprint density at radius 3 is 2.74 bits per heavy atom. The lowest BCUT2D eigenvalue weighted by Gasteiger charge is -2.00. The zero-order valence-electron chi connectivity index (χ0n) is 12.6. The van der Waals surface area contributed by atoms with E-state index >= 15 is 0 Å². The van der Waals surface area contributed by atoms with Crippen molar-refractivity contribution < 1.29 is 9.53 Å². The summed E-state index contributed by atoms with van der Waals surface area (Å²) < 4.78 is 6.75. The van der Waals surface area contributed by atoms with Gasteiger partial charge in [-0.15, -0.1) is 0 Å². The van der Waals surface area contributed by atoms with Crippen molar-refractivity contribution in [2.45, 2.75) is 6.92 Å². The van der Waals surface area contributed by atoms with Gasteiger partial charge in [-0.25, -0.2) is 15.0 Å². The van der Waals surface area contributed by atoms with Crippen LogP contribution in [-0.2, 0) is 23.6 Å². The third-order valence-corrected chi connectivity index (χ3v) is 2.94. The maximum Gasteiger partial charge on any atom is 0.369 e. The number of carbonyl (C=O) groups is 1. The Morgan fingerprint density at radius 1 is 1.43 bits per heavy atom. The van der Waals surface area contributed by atoms with E-state index in [4.69, 9.17) is 5.26 Å². The second kappa shape index (κ2) is 6.14. The highest BCUT2D eigenvalue weighted by molar-refractivity contribution is 6.43. The van der Waals surface area contributed by atoms with Crippen molar-refractivity contribution in [3.8, 4) is 6.07 Å². The highest BCUT2D eigenvalue weighted by atomic mass is 16.5. The molecule has 0 fully saturated rings. The van der Waals surface area contributed by atoms with Gasteiger partial charge in [0.05, 0.1) is 6.61 Å². The van der Waals surface area contributed by atoms with Gasteiger partial charge in [-0.1, -0.05) is 0 Å². The van der Waals surface area contributed by atoms with Crippen LogP contribution in [0.15, 0.2) is 14.7 Å².